The van der Waals surface area contributed by atoms with E-state index in [1.807, 2.05) is 65.7 Å². The summed E-state index contributed by atoms with van der Waals surface area (Å²) in [5.41, 5.74) is 2.35. The molecule has 0 fully saturated rings. The molecule has 0 heterocycles. The highest BCUT2D eigenvalue weighted by Gasteiger charge is 2.38. The van der Waals surface area contributed by atoms with Crippen LogP contribution in [0.15, 0.2) is 84.9 Å². The second-order valence-corrected chi connectivity index (χ2v) is 13.2. The van der Waals surface area contributed by atoms with E-state index < -0.39 is 13.9 Å². The molecule has 0 aromatic heterocycles. The average molecular weight is 460 g/mol. The zero-order valence-corrected chi connectivity index (χ0v) is 21.2. The van der Waals surface area contributed by atoms with E-state index in [1.165, 1.54) is 0 Å². The molecule has 0 aliphatic carbocycles. The fraction of sp³-hybridized carbons (Fsp3) is 0.286. The summed E-state index contributed by atoms with van der Waals surface area (Å²) in [7, 11) is 1.37. The summed E-state index contributed by atoms with van der Waals surface area (Å²) in [6.07, 6.45) is 0. The van der Waals surface area contributed by atoms with Crippen LogP contribution in [-0.4, -0.2) is 34.1 Å². The van der Waals surface area contributed by atoms with Crippen molar-refractivity contribution in [2.75, 3.05) is 20.8 Å². The largest absolute Gasteiger partial charge is 0.497 e. The van der Waals surface area contributed by atoms with Gasteiger partial charge in [-0.2, -0.15) is 5.06 Å². The molecule has 33 heavy (non-hydrogen) atoms. The number of hydrogen-bond donors (Lipinski definition) is 0. The van der Waals surface area contributed by atoms with Gasteiger partial charge in [-0.15, -0.1) is 0 Å². The quantitative estimate of drug-likeness (QED) is 0.228. The molecule has 4 nitrogen and oxygen atoms in total. The first-order valence-electron chi connectivity index (χ1n) is 11.1. The van der Waals surface area contributed by atoms with E-state index in [4.69, 9.17) is 14.0 Å². The van der Waals surface area contributed by atoms with Crippen LogP contribution in [0.5, 0.6) is 5.75 Å². The minimum Gasteiger partial charge on any atom is -0.497 e. The minimum atomic E-state index is -1.97. The van der Waals surface area contributed by atoms with Crippen LogP contribution in [0.3, 0.4) is 0 Å². The van der Waals surface area contributed by atoms with Gasteiger partial charge in [0.05, 0.1) is 27.3 Å². The topological polar surface area (TPSA) is 30.9 Å². The normalized spacial score (nSPS) is 11.7. The summed E-state index contributed by atoms with van der Waals surface area (Å²) >= 11 is 0. The summed E-state index contributed by atoms with van der Waals surface area (Å²) in [4.78, 5) is 5.61. The highest BCUT2D eigenvalue weighted by Crippen LogP contribution is 2.36. The fourth-order valence-corrected chi connectivity index (χ4v) is 4.84. The lowest BCUT2D eigenvalue weighted by Crippen LogP contribution is -2.41. The Morgan fingerprint density at radius 3 is 1.79 bits per heavy atom. The summed E-state index contributed by atoms with van der Waals surface area (Å²) in [5, 5.41) is 1.84. The van der Waals surface area contributed by atoms with Crippen molar-refractivity contribution in [1.29, 1.82) is 0 Å². The molecule has 0 aliphatic heterocycles. The number of hydroxylamine groups is 2. The van der Waals surface area contributed by atoms with Gasteiger partial charge in [-0.3, -0.25) is 0 Å². The maximum atomic E-state index is 6.85. The first kappa shape index (κ1) is 24.8. The van der Waals surface area contributed by atoms with E-state index in [0.717, 1.165) is 22.4 Å². The highest BCUT2D eigenvalue weighted by molar-refractivity contribution is 6.69. The first-order chi connectivity index (χ1) is 15.9. The molecule has 0 spiro atoms. The maximum Gasteiger partial charge on any atom is 0.186 e. The van der Waals surface area contributed by atoms with Gasteiger partial charge in [0.25, 0.3) is 0 Å². The van der Waals surface area contributed by atoms with Crippen molar-refractivity contribution in [3.8, 4) is 17.6 Å². The molecular weight excluding hydrogens is 426 g/mol. The van der Waals surface area contributed by atoms with Gasteiger partial charge in [0.15, 0.2) is 13.9 Å². The summed E-state index contributed by atoms with van der Waals surface area (Å²) < 4.78 is 12.1. The van der Waals surface area contributed by atoms with Gasteiger partial charge in [-0.1, -0.05) is 84.6 Å². The molecule has 3 rings (SSSR count). The predicted molar refractivity (Wildman–Crippen MR) is 136 cm³/mol. The number of nitrogens with zero attached hydrogens (tertiary/aromatic N) is 1. The highest BCUT2D eigenvalue weighted by atomic mass is 28.4. The number of rotatable bonds is 9. The van der Waals surface area contributed by atoms with E-state index in [0.29, 0.717) is 13.1 Å². The zero-order chi connectivity index (χ0) is 23.7. The zero-order valence-electron chi connectivity index (χ0n) is 20.2. The second-order valence-electron chi connectivity index (χ2n) is 8.76. The van der Waals surface area contributed by atoms with Crippen LogP contribution in [0.1, 0.15) is 16.7 Å². The molecule has 0 amide bonds. The molecule has 0 aliphatic rings. The van der Waals surface area contributed by atoms with Gasteiger partial charge in [-0.05, 0) is 48.5 Å². The Bertz CT molecular complexity index is 1010. The Labute approximate surface area is 199 Å². The summed E-state index contributed by atoms with van der Waals surface area (Å²) in [6.45, 7) is 7.65. The first-order valence-corrected chi connectivity index (χ1v) is 14.5. The van der Waals surface area contributed by atoms with Crippen molar-refractivity contribution in [1.82, 2.24) is 5.06 Å². The second kappa shape index (κ2) is 11.3. The number of benzene rings is 3. The number of hydrogen-bond acceptors (Lipinski definition) is 4. The van der Waals surface area contributed by atoms with Gasteiger partial charge in [-0.25, -0.2) is 0 Å². The molecule has 0 radical (unpaired) electrons. The van der Waals surface area contributed by atoms with E-state index in [1.54, 1.807) is 14.2 Å². The molecule has 3 aromatic carbocycles. The third-order valence-electron chi connectivity index (χ3n) is 5.12. The third kappa shape index (κ3) is 6.80. The smallest absolute Gasteiger partial charge is 0.186 e. The molecule has 172 valence electrons. The molecule has 3 aromatic rings. The lowest BCUT2D eigenvalue weighted by Gasteiger charge is -2.36. The van der Waals surface area contributed by atoms with Crippen LogP contribution in [-0.2, 0) is 21.4 Å². The Balaban J connectivity index is 1.94. The molecule has 0 saturated carbocycles. The van der Waals surface area contributed by atoms with Crippen LogP contribution in [0.4, 0.5) is 0 Å². The van der Waals surface area contributed by atoms with Crippen LogP contribution in [0.25, 0.3) is 0 Å². The van der Waals surface area contributed by atoms with Crippen LogP contribution < -0.4 is 4.74 Å². The van der Waals surface area contributed by atoms with Crippen molar-refractivity contribution in [2.45, 2.75) is 31.8 Å². The van der Waals surface area contributed by atoms with Crippen LogP contribution in [0.2, 0.25) is 19.6 Å². The van der Waals surface area contributed by atoms with E-state index in [2.05, 4.69) is 55.7 Å². The van der Waals surface area contributed by atoms with Crippen molar-refractivity contribution in [3.63, 3.8) is 0 Å². The maximum absolute atomic E-state index is 6.85. The summed E-state index contributed by atoms with van der Waals surface area (Å²) in [6, 6.07) is 28.5. The monoisotopic (exact) mass is 459 g/mol. The SMILES string of the molecule is COc1ccc(CN(CC#CC(O[Si](C)(C)C)(c2ccccc2)c2ccccc2)OC)cc1. The lowest BCUT2D eigenvalue weighted by molar-refractivity contribution is -0.128. The van der Waals surface area contributed by atoms with E-state index in [-0.39, 0.29) is 0 Å². The Morgan fingerprint density at radius 2 is 1.33 bits per heavy atom. The average Bonchev–Trinajstić information content (AvgIpc) is 2.83. The van der Waals surface area contributed by atoms with E-state index >= 15 is 0 Å². The van der Waals surface area contributed by atoms with Crippen molar-refractivity contribution < 1.29 is 14.0 Å². The van der Waals surface area contributed by atoms with Gasteiger partial charge in [0.1, 0.15) is 5.75 Å². The Kier molecular flexibility index (Phi) is 8.48. The standard InChI is InChI=1S/C28H33NO3Si/c1-30-27-19-17-24(18-20-27)23-29(31-2)22-12-21-28(32-33(3,4)5,25-13-8-6-9-14-25)26-15-10-7-11-16-26/h6-11,13-20H,22-23H2,1-5H3. The number of methoxy groups -OCH3 is 1. The van der Waals surface area contributed by atoms with E-state index in [9.17, 15) is 0 Å². The lowest BCUT2D eigenvalue weighted by atomic mass is 9.87. The molecular formula is C28H33NO3Si. The van der Waals surface area contributed by atoms with Gasteiger partial charge >= 0.3 is 0 Å². The third-order valence-corrected chi connectivity index (χ3v) is 6.03. The van der Waals surface area contributed by atoms with Gasteiger partial charge in [0, 0.05) is 0 Å². The minimum absolute atomic E-state index is 0.443. The molecule has 0 N–H and O–H groups in total. The fourth-order valence-electron chi connectivity index (χ4n) is 3.63. The molecule has 0 bridgehead atoms. The van der Waals surface area contributed by atoms with Crippen molar-refractivity contribution in [3.05, 3.63) is 102 Å². The van der Waals surface area contributed by atoms with Crippen molar-refractivity contribution in [2.24, 2.45) is 0 Å². The predicted octanol–water partition coefficient (Wildman–Crippen LogP) is 5.86. The van der Waals surface area contributed by atoms with Crippen LogP contribution in [0, 0.1) is 11.8 Å². The molecule has 0 saturated heterocycles. The summed E-state index contributed by atoms with van der Waals surface area (Å²) in [5.74, 6) is 7.71. The number of ether oxygens (including phenoxy) is 1. The Morgan fingerprint density at radius 1 is 0.788 bits per heavy atom. The Hall–Kier alpha value is -2.88. The van der Waals surface area contributed by atoms with Crippen molar-refractivity contribution >= 4 is 8.32 Å². The van der Waals surface area contributed by atoms with Gasteiger partial charge < -0.3 is 14.0 Å². The molecule has 0 atom stereocenters. The van der Waals surface area contributed by atoms with Gasteiger partial charge in [0.2, 0.25) is 0 Å². The van der Waals surface area contributed by atoms with Crippen LogP contribution >= 0.6 is 0 Å². The molecule has 0 unspecified atom stereocenters. The molecule has 5 heteroatoms.